The summed E-state index contributed by atoms with van der Waals surface area (Å²) in [5.74, 6) is -1.74. The molecule has 0 fully saturated rings. The fraction of sp³-hybridized carbons (Fsp3) is 0.750. The Kier molecular flexibility index (Phi) is 2.95. The molecule has 0 aliphatic heterocycles. The van der Waals surface area contributed by atoms with Gasteiger partial charge in [0.15, 0.2) is 11.1 Å². The van der Waals surface area contributed by atoms with Gasteiger partial charge in [-0.25, -0.2) is 4.21 Å². The molecule has 0 bridgehead atoms. The fourth-order valence-corrected chi connectivity index (χ4v) is 0.955. The van der Waals surface area contributed by atoms with Crippen LogP contribution in [0.4, 0.5) is 0 Å². The van der Waals surface area contributed by atoms with Crippen molar-refractivity contribution in [1.29, 1.82) is 0 Å². The van der Waals surface area contributed by atoms with Crippen molar-refractivity contribution in [3.8, 4) is 0 Å². The smallest absolute Gasteiger partial charge is 0.324 e. The highest BCUT2D eigenvalue weighted by Crippen LogP contribution is 1.99. The van der Waals surface area contributed by atoms with Crippen LogP contribution in [0, 0.1) is 0 Å². The minimum atomic E-state index is -2.16. The Morgan fingerprint density at radius 1 is 1.80 bits per heavy atom. The third kappa shape index (κ3) is 2.90. The van der Waals surface area contributed by atoms with Crippen LogP contribution in [0.5, 0.6) is 0 Å². The number of aliphatic carboxylic acids is 1. The van der Waals surface area contributed by atoms with Crippen molar-refractivity contribution in [1.82, 2.24) is 0 Å². The second-order valence-electron chi connectivity index (χ2n) is 2.19. The predicted molar refractivity (Wildman–Crippen MR) is 35.9 cm³/mol. The third-order valence-electron chi connectivity index (χ3n) is 0.912. The molecule has 0 aromatic rings. The van der Waals surface area contributed by atoms with Gasteiger partial charge in [0.25, 0.3) is 0 Å². The lowest BCUT2D eigenvalue weighted by molar-refractivity contribution is -0.141. The van der Waals surface area contributed by atoms with E-state index in [1.807, 2.05) is 0 Å². The molecule has 0 aromatic carbocycles. The molecule has 0 aromatic heterocycles. The lowest BCUT2D eigenvalue weighted by Gasteiger charge is -2.15. The van der Waals surface area contributed by atoms with Gasteiger partial charge in [-0.2, -0.15) is 0 Å². The lowest BCUT2D eigenvalue weighted by Crippen LogP contribution is -2.49. The molecule has 10 heavy (non-hydrogen) atoms. The molecule has 0 rings (SSSR count). The highest BCUT2D eigenvalue weighted by molar-refractivity contribution is 7.79. The first-order valence-electron chi connectivity index (χ1n) is 2.46. The maximum absolute atomic E-state index is 10.2. The van der Waals surface area contributed by atoms with Crippen LogP contribution in [0.25, 0.3) is 0 Å². The number of carboxylic acid groups (broad SMARTS) is 1. The van der Waals surface area contributed by atoms with Crippen molar-refractivity contribution in [3.05, 3.63) is 0 Å². The zero-order chi connectivity index (χ0) is 8.36. The van der Waals surface area contributed by atoms with E-state index in [2.05, 4.69) is 0 Å². The Balaban J connectivity index is 4.13. The van der Waals surface area contributed by atoms with E-state index >= 15 is 0 Å². The van der Waals surface area contributed by atoms with Crippen LogP contribution < -0.4 is 5.73 Å². The molecular formula is C4H9NO4S. The van der Waals surface area contributed by atoms with Gasteiger partial charge in [-0.05, 0) is 6.92 Å². The molecule has 0 radical (unpaired) electrons. The van der Waals surface area contributed by atoms with Crippen molar-refractivity contribution < 1.29 is 18.7 Å². The van der Waals surface area contributed by atoms with Gasteiger partial charge in [0.2, 0.25) is 0 Å². The number of nitrogens with two attached hydrogens (primary N) is 1. The summed E-state index contributed by atoms with van der Waals surface area (Å²) in [7, 11) is 0. The van der Waals surface area contributed by atoms with Gasteiger partial charge in [0.1, 0.15) is 5.54 Å². The van der Waals surface area contributed by atoms with E-state index in [-0.39, 0.29) is 0 Å². The quantitative estimate of drug-likeness (QED) is 0.468. The first-order valence-corrected chi connectivity index (χ1v) is 3.73. The van der Waals surface area contributed by atoms with Crippen molar-refractivity contribution in [3.63, 3.8) is 0 Å². The van der Waals surface area contributed by atoms with Gasteiger partial charge in [0, 0.05) is 0 Å². The first-order chi connectivity index (χ1) is 4.36. The molecule has 0 saturated heterocycles. The highest BCUT2D eigenvalue weighted by atomic mass is 32.2. The standard InChI is InChI=1S/C4H9NO4S/c1-4(5,3(6)7)2-10(8)9/h2,5H2,1H3,(H,6,7)(H,8,9). The van der Waals surface area contributed by atoms with E-state index in [1.54, 1.807) is 0 Å². The van der Waals surface area contributed by atoms with E-state index in [1.165, 1.54) is 6.92 Å². The summed E-state index contributed by atoms with van der Waals surface area (Å²) in [5.41, 5.74) is 3.50. The van der Waals surface area contributed by atoms with Crippen LogP contribution >= 0.6 is 0 Å². The van der Waals surface area contributed by atoms with Crippen LogP contribution in [-0.2, 0) is 15.9 Å². The second kappa shape index (κ2) is 3.09. The van der Waals surface area contributed by atoms with Crippen molar-refractivity contribution in [2.24, 2.45) is 5.73 Å². The molecule has 0 aliphatic rings. The summed E-state index contributed by atoms with van der Waals surface area (Å²) in [5, 5.41) is 8.32. The molecule has 2 unspecified atom stereocenters. The van der Waals surface area contributed by atoms with E-state index in [0.717, 1.165) is 0 Å². The van der Waals surface area contributed by atoms with E-state index in [0.29, 0.717) is 0 Å². The average molecular weight is 167 g/mol. The minimum absolute atomic E-state index is 0.456. The van der Waals surface area contributed by atoms with Gasteiger partial charge < -0.3 is 15.4 Å². The van der Waals surface area contributed by atoms with Crippen LogP contribution in [0.3, 0.4) is 0 Å². The molecular weight excluding hydrogens is 158 g/mol. The van der Waals surface area contributed by atoms with E-state index in [4.69, 9.17) is 15.4 Å². The minimum Gasteiger partial charge on any atom is -0.480 e. The van der Waals surface area contributed by atoms with Crippen molar-refractivity contribution in [2.75, 3.05) is 5.75 Å². The first kappa shape index (κ1) is 9.54. The van der Waals surface area contributed by atoms with Crippen molar-refractivity contribution in [2.45, 2.75) is 12.5 Å². The van der Waals surface area contributed by atoms with E-state index in [9.17, 15) is 9.00 Å². The number of hydrogen-bond donors (Lipinski definition) is 3. The molecule has 2 atom stereocenters. The van der Waals surface area contributed by atoms with Crippen molar-refractivity contribution >= 4 is 17.0 Å². The maximum atomic E-state index is 10.2. The van der Waals surface area contributed by atoms with Gasteiger partial charge in [-0.1, -0.05) is 0 Å². The Morgan fingerprint density at radius 2 is 2.20 bits per heavy atom. The molecule has 4 N–H and O–H groups in total. The van der Waals surface area contributed by atoms with Gasteiger partial charge in [0.05, 0.1) is 5.75 Å². The Hall–Kier alpha value is -0.460. The van der Waals surface area contributed by atoms with Crippen LogP contribution in [0.15, 0.2) is 0 Å². The zero-order valence-electron chi connectivity index (χ0n) is 5.40. The predicted octanol–water partition coefficient (Wildman–Crippen LogP) is -0.990. The molecule has 60 valence electrons. The van der Waals surface area contributed by atoms with E-state index < -0.39 is 28.3 Å². The second-order valence-corrected chi connectivity index (χ2v) is 3.12. The Labute approximate surface area is 60.5 Å². The fourth-order valence-electron chi connectivity index (χ4n) is 0.318. The monoisotopic (exact) mass is 167 g/mol. The number of carboxylic acids is 1. The molecule has 0 aliphatic carbocycles. The average Bonchev–Trinajstić information content (AvgIpc) is 1.60. The molecule has 0 saturated carbocycles. The largest absolute Gasteiger partial charge is 0.480 e. The highest BCUT2D eigenvalue weighted by Gasteiger charge is 2.29. The summed E-state index contributed by atoms with van der Waals surface area (Å²) in [6, 6.07) is 0. The van der Waals surface area contributed by atoms with Crippen LogP contribution in [0.2, 0.25) is 0 Å². The summed E-state index contributed by atoms with van der Waals surface area (Å²) >= 11 is -2.16. The Bertz CT molecular complexity index is 167. The summed E-state index contributed by atoms with van der Waals surface area (Å²) in [6.07, 6.45) is 0. The normalized spacial score (nSPS) is 19.5. The van der Waals surface area contributed by atoms with Crippen LogP contribution in [-0.4, -0.2) is 31.1 Å². The van der Waals surface area contributed by atoms with Crippen LogP contribution in [0.1, 0.15) is 6.92 Å². The third-order valence-corrected chi connectivity index (χ3v) is 1.76. The molecule has 5 nitrogen and oxygen atoms in total. The Morgan fingerprint density at radius 3 is 2.30 bits per heavy atom. The lowest BCUT2D eigenvalue weighted by atomic mass is 10.1. The number of carbonyl (C=O) groups is 1. The van der Waals surface area contributed by atoms with Gasteiger partial charge in [-0.3, -0.25) is 4.79 Å². The topological polar surface area (TPSA) is 101 Å². The number of hydrogen-bond acceptors (Lipinski definition) is 3. The SMILES string of the molecule is CC(N)(CS(=O)O)C(=O)O. The van der Waals surface area contributed by atoms with Gasteiger partial charge in [-0.15, -0.1) is 0 Å². The molecule has 6 heteroatoms. The zero-order valence-corrected chi connectivity index (χ0v) is 6.22. The summed E-state index contributed by atoms with van der Waals surface area (Å²) in [4.78, 5) is 10.2. The van der Waals surface area contributed by atoms with Gasteiger partial charge >= 0.3 is 5.97 Å². The number of rotatable bonds is 3. The summed E-state index contributed by atoms with van der Waals surface area (Å²) in [6.45, 7) is 1.18. The molecule has 0 heterocycles. The molecule has 0 amide bonds. The summed E-state index contributed by atoms with van der Waals surface area (Å²) < 4.78 is 18.4. The molecule has 0 spiro atoms. The maximum Gasteiger partial charge on any atom is 0.324 e.